The van der Waals surface area contributed by atoms with E-state index in [1.165, 1.54) is 0 Å². The van der Waals surface area contributed by atoms with Crippen LogP contribution in [0.2, 0.25) is 0 Å². The lowest BCUT2D eigenvalue weighted by Crippen LogP contribution is -2.30. The van der Waals surface area contributed by atoms with E-state index in [9.17, 15) is 9.59 Å². The highest BCUT2D eigenvalue weighted by atomic mass is 16.5. The molecule has 0 bridgehead atoms. The van der Waals surface area contributed by atoms with Crippen LogP contribution in [0.4, 0.5) is 5.69 Å². The molecule has 1 aliphatic rings. The third-order valence-electron chi connectivity index (χ3n) is 7.00. The minimum Gasteiger partial charge on any atom is -0.483 e. The molecule has 1 heterocycles. The largest absolute Gasteiger partial charge is 0.483 e. The van der Waals surface area contributed by atoms with Crippen molar-refractivity contribution in [2.24, 2.45) is 0 Å². The van der Waals surface area contributed by atoms with Gasteiger partial charge in [0.05, 0.1) is 19.4 Å². The Kier molecular flexibility index (Phi) is 7.17. The van der Waals surface area contributed by atoms with Crippen LogP contribution in [-0.4, -0.2) is 21.2 Å². The van der Waals surface area contributed by atoms with Crippen LogP contribution in [-0.2, 0) is 24.3 Å². The van der Waals surface area contributed by atoms with E-state index in [1.807, 2.05) is 72.3 Å². The maximum absolute atomic E-state index is 12.9. The smallest absolute Gasteiger partial charge is 0.224 e. The van der Waals surface area contributed by atoms with Crippen molar-refractivity contribution in [2.75, 3.05) is 4.90 Å². The second-order valence-electron chi connectivity index (χ2n) is 9.51. The normalized spacial score (nSPS) is 13.6. The quantitative estimate of drug-likeness (QED) is 0.298. The maximum Gasteiger partial charge on any atom is 0.224 e. The third-order valence-corrected chi connectivity index (χ3v) is 7.00. The van der Waals surface area contributed by atoms with Gasteiger partial charge in [-0.2, -0.15) is 0 Å². The monoisotopic (exact) mass is 493 g/mol. The Bertz CT molecular complexity index is 1400. The summed E-state index contributed by atoms with van der Waals surface area (Å²) in [5.74, 6) is 0.789. The molecular weight excluding hydrogens is 462 g/mol. The predicted molar refractivity (Wildman–Crippen MR) is 144 cm³/mol. The number of hydrogen-bond acceptors (Lipinski definition) is 4. The van der Waals surface area contributed by atoms with Crippen LogP contribution < -0.4 is 9.64 Å². The Hall–Kier alpha value is -4.19. The second kappa shape index (κ2) is 10.8. The third kappa shape index (κ3) is 5.33. The first kappa shape index (κ1) is 24.5. The molecule has 188 valence electrons. The van der Waals surface area contributed by atoms with Crippen LogP contribution in [0.3, 0.4) is 0 Å². The van der Waals surface area contributed by atoms with E-state index in [2.05, 4.69) is 17.1 Å². The Morgan fingerprint density at radius 2 is 1.84 bits per heavy atom. The summed E-state index contributed by atoms with van der Waals surface area (Å²) in [5.41, 5.74) is 5.55. The fraction of sp³-hybridized carbons (Fsp3) is 0.258. The molecule has 37 heavy (non-hydrogen) atoms. The zero-order chi connectivity index (χ0) is 25.8. The van der Waals surface area contributed by atoms with Crippen LogP contribution in [0.5, 0.6) is 5.75 Å². The number of aromatic nitrogens is 2. The van der Waals surface area contributed by atoms with Crippen LogP contribution in [0, 0.1) is 6.92 Å². The van der Waals surface area contributed by atoms with Gasteiger partial charge in [-0.05, 0) is 54.7 Å². The molecule has 4 aromatic rings. The highest BCUT2D eigenvalue weighted by molar-refractivity contribution is 5.99. The van der Waals surface area contributed by atoms with Crippen molar-refractivity contribution in [2.45, 2.75) is 52.3 Å². The van der Waals surface area contributed by atoms with Crippen LogP contribution in [0.1, 0.15) is 58.5 Å². The molecule has 3 aromatic carbocycles. The van der Waals surface area contributed by atoms with Gasteiger partial charge in [0.2, 0.25) is 5.91 Å². The number of carbonyl (C=O) groups excluding carboxylic acids is 2. The van der Waals surface area contributed by atoms with Crippen molar-refractivity contribution in [3.8, 4) is 5.75 Å². The number of ether oxygens (including phenoxy) is 1. The summed E-state index contributed by atoms with van der Waals surface area (Å²) >= 11 is 0. The molecule has 1 amide bonds. The number of imidazole rings is 1. The van der Waals surface area contributed by atoms with Crippen molar-refractivity contribution >= 4 is 17.4 Å². The first-order chi connectivity index (χ1) is 18.0. The van der Waals surface area contributed by atoms with E-state index in [0.717, 1.165) is 46.3 Å². The summed E-state index contributed by atoms with van der Waals surface area (Å²) in [7, 11) is 0. The van der Waals surface area contributed by atoms with Crippen LogP contribution in [0.25, 0.3) is 0 Å². The summed E-state index contributed by atoms with van der Waals surface area (Å²) < 4.78 is 8.75. The number of rotatable bonds is 8. The maximum atomic E-state index is 12.9. The number of nitrogens with zero attached hydrogens (tertiary/aromatic N) is 3. The van der Waals surface area contributed by atoms with Gasteiger partial charge in [0, 0.05) is 42.6 Å². The molecular formula is C31H31N3O3. The molecule has 0 N–H and O–H groups in total. The number of para-hydroxylation sites is 1. The number of ketones is 1. The topological polar surface area (TPSA) is 64.4 Å². The Morgan fingerprint density at radius 3 is 2.57 bits per heavy atom. The van der Waals surface area contributed by atoms with E-state index in [1.54, 1.807) is 24.3 Å². The molecule has 1 aromatic heterocycles. The van der Waals surface area contributed by atoms with Crippen molar-refractivity contribution in [3.63, 3.8) is 0 Å². The highest BCUT2D eigenvalue weighted by Gasteiger charge is 2.27. The minimum atomic E-state index is -0.282. The van der Waals surface area contributed by atoms with E-state index in [-0.39, 0.29) is 17.8 Å². The fourth-order valence-electron chi connectivity index (χ4n) is 5.07. The number of benzene rings is 3. The lowest BCUT2D eigenvalue weighted by molar-refractivity contribution is -0.116. The molecule has 0 saturated heterocycles. The van der Waals surface area contributed by atoms with Crippen molar-refractivity contribution < 1.29 is 14.3 Å². The van der Waals surface area contributed by atoms with Gasteiger partial charge >= 0.3 is 0 Å². The average molecular weight is 494 g/mol. The van der Waals surface area contributed by atoms with Crippen LogP contribution in [0.15, 0.2) is 85.5 Å². The zero-order valence-electron chi connectivity index (χ0n) is 21.3. The summed E-state index contributed by atoms with van der Waals surface area (Å²) in [5, 5.41) is 0. The van der Waals surface area contributed by atoms with E-state index >= 15 is 0 Å². The summed E-state index contributed by atoms with van der Waals surface area (Å²) in [4.78, 5) is 31.7. The number of hydrogen-bond donors (Lipinski definition) is 0. The molecule has 1 atom stereocenters. The number of amides is 1. The summed E-state index contributed by atoms with van der Waals surface area (Å²) in [6.45, 7) is 4.49. The number of aryl methyl sites for hydroxylation is 1. The number of carbonyl (C=O) groups is 2. The molecule has 0 unspecified atom stereocenters. The number of Topliss-reactive ketones (excluding diaryl/α,β-unsaturated/α-hetero) is 1. The predicted octanol–water partition coefficient (Wildman–Crippen LogP) is 6.08. The first-order valence-corrected chi connectivity index (χ1v) is 12.7. The lowest BCUT2D eigenvalue weighted by Gasteiger charge is -2.29. The molecule has 5 rings (SSSR count). The van der Waals surface area contributed by atoms with Crippen molar-refractivity contribution in [1.82, 2.24) is 9.55 Å². The van der Waals surface area contributed by atoms with Gasteiger partial charge in [0.15, 0.2) is 5.78 Å². The SMILES string of the molecule is CC(=O)N(Cc1c(O[C@H](Cn2ccnc2)c2ccccc2)ccc2c1CCCC2=O)c1ccccc1C. The van der Waals surface area contributed by atoms with Crippen molar-refractivity contribution in [1.29, 1.82) is 0 Å². The number of anilines is 1. The molecule has 0 saturated carbocycles. The lowest BCUT2D eigenvalue weighted by atomic mass is 9.86. The standard InChI is InChI=1S/C31H31N3O3/c1-22-9-6-7-13-28(22)34(23(2)35)19-27-25-12-8-14-29(36)26(25)15-16-30(27)37-31(20-33-18-17-32-21-33)24-10-4-3-5-11-24/h3-7,9-11,13,15-18,21,31H,8,12,14,19-20H2,1-2H3/t31-/m1/s1. The van der Waals surface area contributed by atoms with Gasteiger partial charge in [-0.3, -0.25) is 9.59 Å². The van der Waals surface area contributed by atoms with Crippen molar-refractivity contribution in [3.05, 3.63) is 113 Å². The molecule has 0 fully saturated rings. The van der Waals surface area contributed by atoms with E-state index < -0.39 is 0 Å². The van der Waals surface area contributed by atoms with Gasteiger partial charge in [-0.1, -0.05) is 48.5 Å². The van der Waals surface area contributed by atoms with Gasteiger partial charge in [0.1, 0.15) is 11.9 Å². The zero-order valence-corrected chi connectivity index (χ0v) is 21.3. The Morgan fingerprint density at radius 1 is 1.05 bits per heavy atom. The first-order valence-electron chi connectivity index (χ1n) is 12.7. The van der Waals surface area contributed by atoms with E-state index in [0.29, 0.717) is 25.3 Å². The van der Waals surface area contributed by atoms with Gasteiger partial charge in [0.25, 0.3) is 0 Å². The minimum absolute atomic E-state index is 0.0574. The summed E-state index contributed by atoms with van der Waals surface area (Å²) in [6.07, 6.45) is 7.30. The van der Waals surface area contributed by atoms with Crippen LogP contribution >= 0.6 is 0 Å². The molecule has 0 aliphatic heterocycles. The van der Waals surface area contributed by atoms with E-state index in [4.69, 9.17) is 4.74 Å². The molecule has 6 heteroatoms. The Balaban J connectivity index is 1.59. The van der Waals surface area contributed by atoms with Gasteiger partial charge in [-0.15, -0.1) is 0 Å². The molecule has 0 spiro atoms. The Labute approximate surface area is 217 Å². The summed E-state index contributed by atoms with van der Waals surface area (Å²) in [6, 6.07) is 21.8. The molecule has 6 nitrogen and oxygen atoms in total. The molecule has 0 radical (unpaired) electrons. The fourth-order valence-corrected chi connectivity index (χ4v) is 5.07. The second-order valence-corrected chi connectivity index (χ2v) is 9.51. The molecule has 1 aliphatic carbocycles. The highest BCUT2D eigenvalue weighted by Crippen LogP contribution is 2.36. The number of fused-ring (bicyclic) bond motifs is 1. The van der Waals surface area contributed by atoms with Gasteiger partial charge < -0.3 is 14.2 Å². The average Bonchev–Trinajstić information content (AvgIpc) is 3.42. The van der Waals surface area contributed by atoms with Gasteiger partial charge in [-0.25, -0.2) is 4.98 Å².